The molecule has 0 aromatic heterocycles. The predicted octanol–water partition coefficient (Wildman–Crippen LogP) is 4.90. The zero-order valence-electron chi connectivity index (χ0n) is 13.9. The number of amides is 1. The number of anilines is 1. The fraction of sp³-hybridized carbons (Fsp3) is 0.0455. The summed E-state index contributed by atoms with van der Waals surface area (Å²) in [7, 11) is 0. The van der Waals surface area contributed by atoms with E-state index in [-0.39, 0.29) is 11.7 Å². The van der Waals surface area contributed by atoms with Crippen LogP contribution in [0.4, 0.5) is 10.1 Å². The molecular formula is C22H16FNO2. The first-order chi connectivity index (χ1) is 12.7. The number of ether oxygens (including phenoxy) is 1. The largest absolute Gasteiger partial charge is 0.488 e. The average Bonchev–Trinajstić information content (AvgIpc) is 2.98. The van der Waals surface area contributed by atoms with Gasteiger partial charge in [-0.1, -0.05) is 48.5 Å². The summed E-state index contributed by atoms with van der Waals surface area (Å²) < 4.78 is 18.9. The lowest BCUT2D eigenvalue weighted by atomic mass is 10.0. The quantitative estimate of drug-likeness (QED) is 0.683. The van der Waals surface area contributed by atoms with E-state index in [1.165, 1.54) is 12.1 Å². The number of benzene rings is 3. The third-order valence-corrected chi connectivity index (χ3v) is 4.24. The highest BCUT2D eigenvalue weighted by atomic mass is 19.1. The van der Waals surface area contributed by atoms with Crippen LogP contribution in [0.2, 0.25) is 0 Å². The molecule has 1 aliphatic rings. The van der Waals surface area contributed by atoms with Crippen LogP contribution in [0.15, 0.2) is 72.8 Å². The minimum Gasteiger partial charge on any atom is -0.488 e. The second-order valence-corrected chi connectivity index (χ2v) is 6.01. The van der Waals surface area contributed by atoms with Gasteiger partial charge in [-0.2, -0.15) is 0 Å². The van der Waals surface area contributed by atoms with E-state index in [9.17, 15) is 9.18 Å². The molecule has 0 atom stereocenters. The van der Waals surface area contributed by atoms with Crippen molar-refractivity contribution in [3.05, 3.63) is 95.3 Å². The van der Waals surface area contributed by atoms with Crippen molar-refractivity contribution in [2.75, 3.05) is 5.32 Å². The molecule has 0 fully saturated rings. The molecule has 0 aliphatic carbocycles. The number of para-hydroxylation sites is 2. The van der Waals surface area contributed by atoms with Gasteiger partial charge in [-0.15, -0.1) is 0 Å². The Morgan fingerprint density at radius 3 is 2.50 bits per heavy atom. The molecule has 128 valence electrons. The lowest BCUT2D eigenvalue weighted by molar-refractivity contribution is -0.110. The molecule has 0 spiro atoms. The standard InChI is InChI=1S/C22H16FNO2/c23-17-11-9-15(10-12-17)14-26-21-8-4-1-5-16(21)13-19-18-6-2-3-7-20(18)24-22(19)25/h1-13H,14H2,(H,24,25)/b19-13-. The van der Waals surface area contributed by atoms with Gasteiger partial charge in [-0.25, -0.2) is 4.39 Å². The molecule has 1 heterocycles. The Labute approximate surface area is 150 Å². The molecular weight excluding hydrogens is 329 g/mol. The highest BCUT2D eigenvalue weighted by Crippen LogP contribution is 2.34. The number of hydrogen-bond donors (Lipinski definition) is 1. The molecule has 4 heteroatoms. The summed E-state index contributed by atoms with van der Waals surface area (Å²) in [4.78, 5) is 12.3. The van der Waals surface area contributed by atoms with Crippen molar-refractivity contribution >= 4 is 23.2 Å². The lowest BCUT2D eigenvalue weighted by Gasteiger charge is -2.10. The van der Waals surface area contributed by atoms with Crippen molar-refractivity contribution in [1.82, 2.24) is 0 Å². The van der Waals surface area contributed by atoms with Gasteiger partial charge in [-0.3, -0.25) is 4.79 Å². The number of rotatable bonds is 4. The van der Waals surface area contributed by atoms with E-state index in [1.54, 1.807) is 12.1 Å². The SMILES string of the molecule is O=C1Nc2ccccc2/C1=C/c1ccccc1OCc1ccc(F)cc1. The molecule has 26 heavy (non-hydrogen) atoms. The maximum absolute atomic E-state index is 13.0. The number of nitrogens with one attached hydrogen (secondary N) is 1. The van der Waals surface area contributed by atoms with Gasteiger partial charge >= 0.3 is 0 Å². The zero-order chi connectivity index (χ0) is 17.9. The van der Waals surface area contributed by atoms with Gasteiger partial charge in [-0.05, 0) is 35.9 Å². The fourth-order valence-electron chi connectivity index (χ4n) is 2.91. The highest BCUT2D eigenvalue weighted by molar-refractivity contribution is 6.35. The van der Waals surface area contributed by atoms with Crippen molar-refractivity contribution in [3.8, 4) is 5.75 Å². The first-order valence-corrected chi connectivity index (χ1v) is 8.29. The van der Waals surface area contributed by atoms with E-state index in [2.05, 4.69) is 5.32 Å². The Kier molecular flexibility index (Phi) is 4.23. The molecule has 0 saturated carbocycles. The van der Waals surface area contributed by atoms with Gasteiger partial charge in [0, 0.05) is 22.4 Å². The van der Waals surface area contributed by atoms with Crippen LogP contribution in [0.25, 0.3) is 11.6 Å². The molecule has 0 saturated heterocycles. The monoisotopic (exact) mass is 345 g/mol. The van der Waals surface area contributed by atoms with Crippen LogP contribution in [0, 0.1) is 5.82 Å². The van der Waals surface area contributed by atoms with Crippen molar-refractivity contribution in [2.45, 2.75) is 6.61 Å². The van der Waals surface area contributed by atoms with Gasteiger partial charge in [0.05, 0.1) is 0 Å². The third-order valence-electron chi connectivity index (χ3n) is 4.24. The van der Waals surface area contributed by atoms with E-state index >= 15 is 0 Å². The van der Waals surface area contributed by atoms with E-state index in [4.69, 9.17) is 4.74 Å². The van der Waals surface area contributed by atoms with E-state index in [1.807, 2.05) is 54.6 Å². The van der Waals surface area contributed by atoms with Crippen molar-refractivity contribution in [1.29, 1.82) is 0 Å². The van der Waals surface area contributed by atoms with Crippen LogP contribution in [0.5, 0.6) is 5.75 Å². The normalized spacial score (nSPS) is 14.2. The van der Waals surface area contributed by atoms with Gasteiger partial charge in [0.2, 0.25) is 0 Å². The van der Waals surface area contributed by atoms with E-state index < -0.39 is 0 Å². The van der Waals surface area contributed by atoms with Crippen molar-refractivity contribution in [3.63, 3.8) is 0 Å². The van der Waals surface area contributed by atoms with Crippen LogP contribution in [-0.2, 0) is 11.4 Å². The molecule has 1 N–H and O–H groups in total. The minimum atomic E-state index is -0.273. The number of carbonyl (C=O) groups is 1. The summed E-state index contributed by atoms with van der Waals surface area (Å²) in [6, 6.07) is 21.3. The Bertz CT molecular complexity index is 993. The first kappa shape index (κ1) is 16.1. The summed E-state index contributed by atoms with van der Waals surface area (Å²) >= 11 is 0. The molecule has 1 amide bonds. The van der Waals surface area contributed by atoms with Gasteiger partial charge in [0.25, 0.3) is 5.91 Å². The molecule has 0 bridgehead atoms. The van der Waals surface area contributed by atoms with Crippen LogP contribution >= 0.6 is 0 Å². The second-order valence-electron chi connectivity index (χ2n) is 6.01. The van der Waals surface area contributed by atoms with Crippen LogP contribution in [0.3, 0.4) is 0 Å². The number of carbonyl (C=O) groups excluding carboxylic acids is 1. The van der Waals surface area contributed by atoms with Crippen molar-refractivity contribution in [2.24, 2.45) is 0 Å². The summed E-state index contributed by atoms with van der Waals surface area (Å²) in [5.74, 6) is 0.269. The molecule has 3 aromatic carbocycles. The predicted molar refractivity (Wildman–Crippen MR) is 100 cm³/mol. The average molecular weight is 345 g/mol. The van der Waals surface area contributed by atoms with Crippen LogP contribution in [-0.4, -0.2) is 5.91 Å². The summed E-state index contributed by atoms with van der Waals surface area (Å²) in [6.07, 6.45) is 1.83. The molecule has 0 radical (unpaired) electrons. The fourth-order valence-corrected chi connectivity index (χ4v) is 2.91. The van der Waals surface area contributed by atoms with Gasteiger partial charge < -0.3 is 10.1 Å². The number of halogens is 1. The van der Waals surface area contributed by atoms with Gasteiger partial charge in [0.15, 0.2) is 0 Å². The molecule has 4 rings (SSSR count). The Morgan fingerprint density at radius 1 is 0.923 bits per heavy atom. The Morgan fingerprint density at radius 2 is 1.65 bits per heavy atom. The molecule has 0 unspecified atom stereocenters. The lowest BCUT2D eigenvalue weighted by Crippen LogP contribution is -2.04. The smallest absolute Gasteiger partial charge is 0.256 e. The number of hydrogen-bond acceptors (Lipinski definition) is 2. The van der Waals surface area contributed by atoms with Crippen LogP contribution < -0.4 is 10.1 Å². The van der Waals surface area contributed by atoms with Crippen molar-refractivity contribution < 1.29 is 13.9 Å². The molecule has 1 aliphatic heterocycles. The first-order valence-electron chi connectivity index (χ1n) is 8.29. The Balaban J connectivity index is 1.62. The Hall–Kier alpha value is -3.40. The second kappa shape index (κ2) is 6.84. The maximum atomic E-state index is 13.0. The topological polar surface area (TPSA) is 38.3 Å². The maximum Gasteiger partial charge on any atom is 0.256 e. The van der Waals surface area contributed by atoms with Crippen LogP contribution in [0.1, 0.15) is 16.7 Å². The summed E-state index contributed by atoms with van der Waals surface area (Å²) in [5.41, 5.74) is 3.99. The summed E-state index contributed by atoms with van der Waals surface area (Å²) in [6.45, 7) is 0.323. The van der Waals surface area contributed by atoms with E-state index in [0.29, 0.717) is 17.9 Å². The zero-order valence-corrected chi connectivity index (χ0v) is 13.9. The highest BCUT2D eigenvalue weighted by Gasteiger charge is 2.23. The number of fused-ring (bicyclic) bond motifs is 1. The van der Waals surface area contributed by atoms with E-state index in [0.717, 1.165) is 22.4 Å². The third kappa shape index (κ3) is 3.22. The minimum absolute atomic E-state index is 0.125. The van der Waals surface area contributed by atoms with Gasteiger partial charge in [0.1, 0.15) is 18.2 Å². The molecule has 3 aromatic rings. The summed E-state index contributed by atoms with van der Waals surface area (Å²) in [5, 5.41) is 2.87. The molecule has 3 nitrogen and oxygen atoms in total.